The van der Waals surface area contributed by atoms with Crippen molar-refractivity contribution < 1.29 is 9.53 Å². The molecule has 34 heavy (non-hydrogen) atoms. The van der Waals surface area contributed by atoms with Gasteiger partial charge in [-0.2, -0.15) is 0 Å². The van der Waals surface area contributed by atoms with E-state index in [2.05, 4.69) is 81.4 Å². The summed E-state index contributed by atoms with van der Waals surface area (Å²) in [4.78, 5) is 0. The zero-order valence-electron chi connectivity index (χ0n) is 20.5. The van der Waals surface area contributed by atoms with Crippen molar-refractivity contribution in [2.45, 2.75) is 44.8 Å². The highest BCUT2D eigenvalue weighted by molar-refractivity contribution is 7.00. The minimum atomic E-state index is -2.74. The van der Waals surface area contributed by atoms with Crippen molar-refractivity contribution in [3.63, 3.8) is 0 Å². The van der Waals surface area contributed by atoms with Crippen LogP contribution in [0.2, 0.25) is 5.04 Å². The van der Waals surface area contributed by atoms with E-state index in [1.807, 2.05) is 61.5 Å². The van der Waals surface area contributed by atoms with E-state index in [-0.39, 0.29) is 5.04 Å². The molecule has 1 atom stereocenters. The van der Waals surface area contributed by atoms with Crippen molar-refractivity contribution in [2.24, 2.45) is 0 Å². The van der Waals surface area contributed by atoms with Gasteiger partial charge in [-0.05, 0) is 45.1 Å². The van der Waals surface area contributed by atoms with Gasteiger partial charge in [0.05, 0.1) is 0 Å². The molecule has 4 aromatic rings. The lowest BCUT2D eigenvalue weighted by Gasteiger charge is -2.43. The molecule has 0 radical (unpaired) electrons. The van der Waals surface area contributed by atoms with Gasteiger partial charge in [0.25, 0.3) is 0 Å². The highest BCUT2D eigenvalue weighted by atomic mass is 28.4. The molecule has 0 saturated heterocycles. The lowest BCUT2D eigenvalue weighted by Crippen LogP contribution is -2.68. The van der Waals surface area contributed by atoms with Crippen LogP contribution in [0.4, 0.5) is 0 Å². The fourth-order valence-corrected chi connectivity index (χ4v) is 9.34. The summed E-state index contributed by atoms with van der Waals surface area (Å²) in [5.74, 6) is 0.787. The maximum absolute atomic E-state index is 11.7. The number of aliphatic hydroxyl groups is 1. The van der Waals surface area contributed by atoms with Crippen LogP contribution < -0.4 is 14.8 Å². The molecule has 3 heteroatoms. The van der Waals surface area contributed by atoms with Gasteiger partial charge < -0.3 is 9.53 Å². The fraction of sp³-hybridized carbons (Fsp3) is 0.226. The van der Waals surface area contributed by atoms with Gasteiger partial charge in [-0.25, -0.2) is 0 Å². The van der Waals surface area contributed by atoms with E-state index in [1.165, 1.54) is 10.4 Å². The second kappa shape index (κ2) is 9.61. The zero-order valence-corrected chi connectivity index (χ0v) is 21.5. The van der Waals surface area contributed by atoms with E-state index in [0.29, 0.717) is 6.42 Å². The van der Waals surface area contributed by atoms with Gasteiger partial charge >= 0.3 is 8.32 Å². The van der Waals surface area contributed by atoms with Gasteiger partial charge in [-0.15, -0.1) is 0 Å². The maximum atomic E-state index is 11.7. The smallest absolute Gasteiger partial charge is 0.319 e. The van der Waals surface area contributed by atoms with Crippen LogP contribution in [0.15, 0.2) is 115 Å². The minimum absolute atomic E-state index is 0.133. The van der Waals surface area contributed by atoms with Gasteiger partial charge in [0, 0.05) is 0 Å². The molecule has 2 nitrogen and oxygen atoms in total. The molecule has 0 aliphatic rings. The Hall–Kier alpha value is -3.14. The van der Waals surface area contributed by atoms with Crippen LogP contribution in [0, 0.1) is 0 Å². The minimum Gasteiger partial charge on any atom is -0.534 e. The van der Waals surface area contributed by atoms with Gasteiger partial charge in [-0.1, -0.05) is 131 Å². The topological polar surface area (TPSA) is 29.5 Å². The number of hydrogen-bond acceptors (Lipinski definition) is 2. The predicted octanol–water partition coefficient (Wildman–Crippen LogP) is 6.27. The summed E-state index contributed by atoms with van der Waals surface area (Å²) in [7, 11) is -2.74. The summed E-state index contributed by atoms with van der Waals surface area (Å²) in [6.45, 7) is 8.84. The van der Waals surface area contributed by atoms with Crippen molar-refractivity contribution in [1.82, 2.24) is 0 Å². The van der Waals surface area contributed by atoms with Crippen molar-refractivity contribution in [1.29, 1.82) is 0 Å². The number of hydrogen-bond donors (Lipinski definition) is 1. The first-order valence-electron chi connectivity index (χ1n) is 12.0. The molecule has 0 amide bonds. The molecule has 4 aromatic carbocycles. The summed E-state index contributed by atoms with van der Waals surface area (Å²) in [5, 5.41) is 14.1. The number of benzene rings is 4. The Bertz CT molecular complexity index is 1160. The standard InChI is InChI=1S/C31H34O2Si/c1-5-31(32,25-16-9-6-10-17-25)26-18-15-19-27(24-26)33-34(30(2,3)4,28-20-11-7-12-21-28)29-22-13-8-14-23-29/h6-24,32H,5H2,1-4H3. The summed E-state index contributed by atoms with van der Waals surface area (Å²) >= 11 is 0. The van der Waals surface area contributed by atoms with E-state index in [4.69, 9.17) is 4.43 Å². The first kappa shape index (κ1) is 24.0. The highest BCUT2D eigenvalue weighted by Gasteiger charge is 2.52. The average Bonchev–Trinajstić information content (AvgIpc) is 2.88. The normalized spacial score (nSPS) is 13.8. The summed E-state index contributed by atoms with van der Waals surface area (Å²) in [6.07, 6.45) is 0.569. The molecule has 0 aromatic heterocycles. The van der Waals surface area contributed by atoms with Crippen LogP contribution in [0.1, 0.15) is 45.2 Å². The van der Waals surface area contributed by atoms with Crippen LogP contribution >= 0.6 is 0 Å². The molecule has 1 unspecified atom stereocenters. The Morgan fingerprint density at radius 2 is 1.12 bits per heavy atom. The lowest BCUT2D eigenvalue weighted by atomic mass is 9.84. The van der Waals surface area contributed by atoms with E-state index in [1.54, 1.807) is 0 Å². The summed E-state index contributed by atoms with van der Waals surface area (Å²) in [6, 6.07) is 39.2. The largest absolute Gasteiger partial charge is 0.534 e. The molecule has 0 fully saturated rings. The molecule has 1 N–H and O–H groups in total. The first-order chi connectivity index (χ1) is 16.3. The molecule has 4 rings (SSSR count). The monoisotopic (exact) mass is 466 g/mol. The molecule has 0 heterocycles. The fourth-order valence-electron chi connectivity index (χ4n) is 4.93. The predicted molar refractivity (Wildman–Crippen MR) is 144 cm³/mol. The Balaban J connectivity index is 1.87. The Morgan fingerprint density at radius 1 is 0.647 bits per heavy atom. The summed E-state index contributed by atoms with van der Waals surface area (Å²) in [5.41, 5.74) is 0.656. The van der Waals surface area contributed by atoms with Crippen LogP contribution in [0.5, 0.6) is 5.75 Å². The third-order valence-corrected chi connectivity index (χ3v) is 11.7. The Labute approximate surface area is 205 Å². The molecule has 0 aliphatic carbocycles. The molecular weight excluding hydrogens is 432 g/mol. The van der Waals surface area contributed by atoms with Crippen molar-refractivity contribution in [2.75, 3.05) is 0 Å². The van der Waals surface area contributed by atoms with E-state index in [0.717, 1.165) is 16.9 Å². The quantitative estimate of drug-likeness (QED) is 0.325. The van der Waals surface area contributed by atoms with E-state index >= 15 is 0 Å². The number of rotatable bonds is 7. The average molecular weight is 467 g/mol. The van der Waals surface area contributed by atoms with E-state index in [9.17, 15) is 5.11 Å². The van der Waals surface area contributed by atoms with Gasteiger partial charge in [0.2, 0.25) is 0 Å². The molecule has 0 saturated carbocycles. The lowest BCUT2D eigenvalue weighted by molar-refractivity contribution is 0.0763. The van der Waals surface area contributed by atoms with Gasteiger partial charge in [0.1, 0.15) is 11.4 Å². The third kappa shape index (κ3) is 4.34. The second-order valence-electron chi connectivity index (χ2n) is 9.87. The molecule has 0 aliphatic heterocycles. The summed E-state index contributed by atoms with van der Waals surface area (Å²) < 4.78 is 7.18. The van der Waals surface area contributed by atoms with E-state index < -0.39 is 13.9 Å². The van der Waals surface area contributed by atoms with Gasteiger partial charge in [0.15, 0.2) is 0 Å². The van der Waals surface area contributed by atoms with Crippen LogP contribution in [-0.4, -0.2) is 13.4 Å². The van der Waals surface area contributed by atoms with Gasteiger partial charge in [-0.3, -0.25) is 0 Å². The van der Waals surface area contributed by atoms with Crippen molar-refractivity contribution in [3.05, 3.63) is 126 Å². The molecular formula is C31H34O2Si. The Morgan fingerprint density at radius 3 is 1.59 bits per heavy atom. The zero-order chi connectivity index (χ0) is 24.2. The Kier molecular flexibility index (Phi) is 6.78. The molecule has 0 spiro atoms. The highest BCUT2D eigenvalue weighted by Crippen LogP contribution is 2.39. The van der Waals surface area contributed by atoms with Crippen LogP contribution in [0.3, 0.4) is 0 Å². The van der Waals surface area contributed by atoms with Crippen LogP contribution in [-0.2, 0) is 5.60 Å². The SMILES string of the molecule is CCC(O)(c1ccccc1)c1cccc(O[Si](c2ccccc2)(c2ccccc2)C(C)(C)C)c1. The maximum Gasteiger partial charge on any atom is 0.319 e. The molecule has 0 bridgehead atoms. The van der Waals surface area contributed by atoms with Crippen molar-refractivity contribution >= 4 is 18.7 Å². The van der Waals surface area contributed by atoms with Crippen LogP contribution in [0.25, 0.3) is 0 Å². The van der Waals surface area contributed by atoms with Crippen molar-refractivity contribution in [3.8, 4) is 5.75 Å². The molecule has 174 valence electrons. The third-order valence-electron chi connectivity index (χ3n) is 6.76. The first-order valence-corrected chi connectivity index (χ1v) is 13.9. The second-order valence-corrected chi connectivity index (χ2v) is 14.1.